The highest BCUT2D eigenvalue weighted by Crippen LogP contribution is 2.31. The van der Waals surface area contributed by atoms with Crippen molar-refractivity contribution in [2.45, 2.75) is 56.4 Å². The molecule has 1 heterocycles. The highest BCUT2D eigenvalue weighted by atomic mass is 32.2. The number of fused-ring (bicyclic) bond motifs is 1. The lowest BCUT2D eigenvalue weighted by Gasteiger charge is -2.21. The van der Waals surface area contributed by atoms with E-state index in [-0.39, 0.29) is 17.0 Å². The van der Waals surface area contributed by atoms with Gasteiger partial charge in [-0.2, -0.15) is 0 Å². The summed E-state index contributed by atoms with van der Waals surface area (Å²) in [5.41, 5.74) is 3.38. The van der Waals surface area contributed by atoms with Crippen molar-refractivity contribution in [3.8, 4) is 0 Å². The maximum Gasteiger partial charge on any atom is 0.322 e. The van der Waals surface area contributed by atoms with E-state index in [2.05, 4.69) is 17.0 Å². The Morgan fingerprint density at radius 3 is 2.52 bits per heavy atom. The van der Waals surface area contributed by atoms with Crippen LogP contribution in [0.5, 0.6) is 0 Å². The van der Waals surface area contributed by atoms with Gasteiger partial charge >= 0.3 is 6.03 Å². The first-order valence-corrected chi connectivity index (χ1v) is 11.8. The number of hydrogen-bond acceptors (Lipinski definition) is 3. The Kier molecular flexibility index (Phi) is 5.50. The molecule has 0 atom stereocenters. The summed E-state index contributed by atoms with van der Waals surface area (Å²) in [6.07, 6.45) is 5.96. The number of anilines is 2. The molecule has 2 aromatic rings. The quantitative estimate of drug-likeness (QED) is 0.776. The monoisotopic (exact) mass is 413 g/mol. The standard InChI is InChI=1S/C22H27N3O3S/c1-2-16-7-9-19(10-8-16)24-29(27,28)20-11-12-21-17(15-20)13-14-25(21)22(26)23-18-5-3-4-6-18/h7-12,15,18,24H,2-6,13-14H2,1H3,(H,23,26). The number of nitrogens with zero attached hydrogens (tertiary/aromatic N) is 1. The minimum Gasteiger partial charge on any atom is -0.335 e. The van der Waals surface area contributed by atoms with Crippen LogP contribution < -0.4 is 14.9 Å². The fourth-order valence-corrected chi connectivity index (χ4v) is 5.21. The van der Waals surface area contributed by atoms with E-state index in [1.165, 1.54) is 0 Å². The van der Waals surface area contributed by atoms with Crippen LogP contribution in [0.4, 0.5) is 16.2 Å². The second kappa shape index (κ2) is 8.06. The van der Waals surface area contributed by atoms with Crippen LogP contribution >= 0.6 is 0 Å². The zero-order valence-corrected chi connectivity index (χ0v) is 17.5. The summed E-state index contributed by atoms with van der Waals surface area (Å²) in [6, 6.07) is 12.6. The number of hydrogen-bond donors (Lipinski definition) is 2. The van der Waals surface area contributed by atoms with Crippen LogP contribution in [0.25, 0.3) is 0 Å². The van der Waals surface area contributed by atoms with Gasteiger partial charge < -0.3 is 5.32 Å². The van der Waals surface area contributed by atoms with Crippen molar-refractivity contribution < 1.29 is 13.2 Å². The number of aryl methyl sites for hydroxylation is 1. The van der Waals surface area contributed by atoms with Crippen molar-refractivity contribution in [1.82, 2.24) is 5.32 Å². The second-order valence-corrected chi connectivity index (χ2v) is 9.46. The van der Waals surface area contributed by atoms with E-state index in [0.29, 0.717) is 18.7 Å². The molecular formula is C22H27N3O3S. The summed E-state index contributed by atoms with van der Waals surface area (Å²) in [5.74, 6) is 0. The predicted molar refractivity (Wildman–Crippen MR) is 115 cm³/mol. The summed E-state index contributed by atoms with van der Waals surface area (Å²) in [4.78, 5) is 14.6. The predicted octanol–water partition coefficient (Wildman–Crippen LogP) is 4.06. The third-order valence-corrected chi connectivity index (χ3v) is 7.18. The van der Waals surface area contributed by atoms with Crippen LogP contribution in [0.1, 0.15) is 43.7 Å². The van der Waals surface area contributed by atoms with Crippen molar-refractivity contribution >= 4 is 27.4 Å². The average molecular weight is 414 g/mol. The van der Waals surface area contributed by atoms with Crippen LogP contribution in [0.2, 0.25) is 0 Å². The lowest BCUT2D eigenvalue weighted by Crippen LogP contribution is -2.43. The fourth-order valence-electron chi connectivity index (χ4n) is 4.10. The van der Waals surface area contributed by atoms with Crippen LogP contribution in [-0.2, 0) is 22.9 Å². The van der Waals surface area contributed by atoms with Gasteiger partial charge in [0.1, 0.15) is 0 Å². The molecule has 1 fully saturated rings. The Balaban J connectivity index is 1.49. The van der Waals surface area contributed by atoms with Crippen molar-refractivity contribution in [2.75, 3.05) is 16.2 Å². The van der Waals surface area contributed by atoms with Gasteiger partial charge in [-0.15, -0.1) is 0 Å². The molecule has 7 heteroatoms. The third kappa shape index (κ3) is 4.24. The Morgan fingerprint density at radius 1 is 1.10 bits per heavy atom. The number of benzene rings is 2. The molecule has 0 unspecified atom stereocenters. The molecular weight excluding hydrogens is 386 g/mol. The SMILES string of the molecule is CCc1ccc(NS(=O)(=O)c2ccc3c(c2)CCN3C(=O)NC2CCCC2)cc1. The van der Waals surface area contributed by atoms with Gasteiger partial charge in [0.25, 0.3) is 10.0 Å². The van der Waals surface area contributed by atoms with Gasteiger partial charge in [-0.1, -0.05) is 31.9 Å². The largest absolute Gasteiger partial charge is 0.335 e. The van der Waals surface area contributed by atoms with Gasteiger partial charge in [0, 0.05) is 24.0 Å². The van der Waals surface area contributed by atoms with Gasteiger partial charge in [-0.3, -0.25) is 9.62 Å². The normalized spacial score (nSPS) is 16.7. The summed E-state index contributed by atoms with van der Waals surface area (Å²) >= 11 is 0. The van der Waals surface area contributed by atoms with Gasteiger partial charge in [0.15, 0.2) is 0 Å². The van der Waals surface area contributed by atoms with Crippen LogP contribution in [0.15, 0.2) is 47.4 Å². The molecule has 154 valence electrons. The van der Waals surface area contributed by atoms with E-state index in [9.17, 15) is 13.2 Å². The Labute approximate surface area is 172 Å². The number of rotatable bonds is 5. The number of carbonyl (C=O) groups excluding carboxylic acids is 1. The average Bonchev–Trinajstić information content (AvgIpc) is 3.37. The molecule has 0 bridgehead atoms. The van der Waals surface area contributed by atoms with E-state index in [1.54, 1.807) is 35.2 Å². The molecule has 4 rings (SSSR count). The Morgan fingerprint density at radius 2 is 1.83 bits per heavy atom. The molecule has 2 aromatic carbocycles. The van der Waals surface area contributed by atoms with E-state index in [0.717, 1.165) is 48.9 Å². The van der Waals surface area contributed by atoms with Gasteiger partial charge in [-0.25, -0.2) is 13.2 Å². The Hall–Kier alpha value is -2.54. The smallest absolute Gasteiger partial charge is 0.322 e. The highest BCUT2D eigenvalue weighted by Gasteiger charge is 2.28. The molecule has 29 heavy (non-hydrogen) atoms. The summed E-state index contributed by atoms with van der Waals surface area (Å²) < 4.78 is 28.2. The maximum absolute atomic E-state index is 12.8. The third-order valence-electron chi connectivity index (χ3n) is 5.80. The molecule has 1 aliphatic carbocycles. The Bertz CT molecular complexity index is 996. The first kappa shape index (κ1) is 19.8. The number of sulfonamides is 1. The molecule has 2 aliphatic rings. The zero-order chi connectivity index (χ0) is 20.4. The molecule has 6 nitrogen and oxygen atoms in total. The number of amides is 2. The van der Waals surface area contributed by atoms with Crippen LogP contribution in [-0.4, -0.2) is 27.0 Å². The topological polar surface area (TPSA) is 78.5 Å². The minimum absolute atomic E-state index is 0.0830. The zero-order valence-electron chi connectivity index (χ0n) is 16.6. The molecule has 0 aromatic heterocycles. The van der Waals surface area contributed by atoms with Gasteiger partial charge in [0.2, 0.25) is 0 Å². The molecule has 2 amide bonds. The molecule has 2 N–H and O–H groups in total. The molecule has 0 saturated heterocycles. The van der Waals surface area contributed by atoms with E-state index in [1.807, 2.05) is 12.1 Å². The molecule has 1 aliphatic heterocycles. The summed E-state index contributed by atoms with van der Waals surface area (Å²) in [7, 11) is -3.68. The lowest BCUT2D eigenvalue weighted by molar-refractivity contribution is 0.243. The summed E-state index contributed by atoms with van der Waals surface area (Å²) in [6.45, 7) is 2.63. The molecule has 0 spiro atoms. The van der Waals surface area contributed by atoms with Crippen molar-refractivity contribution in [3.05, 3.63) is 53.6 Å². The van der Waals surface area contributed by atoms with E-state index in [4.69, 9.17) is 0 Å². The minimum atomic E-state index is -3.68. The number of nitrogens with one attached hydrogen (secondary N) is 2. The van der Waals surface area contributed by atoms with Gasteiger partial charge in [-0.05, 0) is 67.1 Å². The van der Waals surface area contributed by atoms with Crippen molar-refractivity contribution in [1.29, 1.82) is 0 Å². The van der Waals surface area contributed by atoms with Crippen molar-refractivity contribution in [2.24, 2.45) is 0 Å². The van der Waals surface area contributed by atoms with Crippen LogP contribution in [0.3, 0.4) is 0 Å². The van der Waals surface area contributed by atoms with Crippen LogP contribution in [0, 0.1) is 0 Å². The molecule has 1 saturated carbocycles. The van der Waals surface area contributed by atoms with Crippen molar-refractivity contribution in [3.63, 3.8) is 0 Å². The van der Waals surface area contributed by atoms with E-state index >= 15 is 0 Å². The van der Waals surface area contributed by atoms with E-state index < -0.39 is 10.0 Å². The lowest BCUT2D eigenvalue weighted by atomic mass is 10.2. The first-order valence-electron chi connectivity index (χ1n) is 10.3. The summed E-state index contributed by atoms with van der Waals surface area (Å²) in [5, 5.41) is 3.10. The fraction of sp³-hybridized carbons (Fsp3) is 0.409. The first-order chi connectivity index (χ1) is 14.0. The maximum atomic E-state index is 12.8. The molecule has 0 radical (unpaired) electrons. The highest BCUT2D eigenvalue weighted by molar-refractivity contribution is 7.92. The van der Waals surface area contributed by atoms with Gasteiger partial charge in [0.05, 0.1) is 4.90 Å². The number of urea groups is 1. The second-order valence-electron chi connectivity index (χ2n) is 7.78. The number of carbonyl (C=O) groups is 1.